The third-order valence-corrected chi connectivity index (χ3v) is 3.25. The second kappa shape index (κ2) is 9.64. The van der Waals surface area contributed by atoms with Gasteiger partial charge >= 0.3 is 5.97 Å². The predicted octanol–water partition coefficient (Wildman–Crippen LogP) is 3.90. The Morgan fingerprint density at radius 2 is 2.10 bits per heavy atom. The number of carbonyl (C=O) groups is 1. The number of hydrogen-bond acceptors (Lipinski definition) is 4. The molecular weight excluding hydrogens is 292 g/mol. The average Bonchev–Trinajstić information content (AvgIpc) is 2.44. The van der Waals surface area contributed by atoms with Crippen LogP contribution >= 0.6 is 11.6 Å². The molecule has 1 N–H and O–H groups in total. The Balaban J connectivity index is 2.28. The van der Waals surface area contributed by atoms with Crippen molar-refractivity contribution in [2.75, 3.05) is 13.2 Å². The molecule has 0 fully saturated rings. The van der Waals surface area contributed by atoms with Gasteiger partial charge in [0.1, 0.15) is 5.75 Å². The van der Waals surface area contributed by atoms with Crippen molar-refractivity contribution < 1.29 is 19.4 Å². The smallest absolute Gasteiger partial charge is 0.305 e. The van der Waals surface area contributed by atoms with Gasteiger partial charge in [0, 0.05) is 17.0 Å². The molecule has 0 radical (unpaired) electrons. The highest BCUT2D eigenvalue weighted by molar-refractivity contribution is 6.30. The second-order valence-corrected chi connectivity index (χ2v) is 5.26. The van der Waals surface area contributed by atoms with Crippen LogP contribution in [-0.2, 0) is 9.53 Å². The number of aliphatic hydroxyl groups excluding tert-OH is 1. The molecule has 0 aliphatic carbocycles. The molecule has 5 heteroatoms. The van der Waals surface area contributed by atoms with E-state index in [-0.39, 0.29) is 5.97 Å². The van der Waals surface area contributed by atoms with Gasteiger partial charge in [-0.05, 0) is 51.3 Å². The van der Waals surface area contributed by atoms with Gasteiger partial charge in [-0.15, -0.1) is 0 Å². The maximum atomic E-state index is 11.2. The zero-order valence-corrected chi connectivity index (χ0v) is 13.4. The lowest BCUT2D eigenvalue weighted by atomic mass is 10.1. The van der Waals surface area contributed by atoms with E-state index in [4.69, 9.17) is 21.1 Å². The van der Waals surface area contributed by atoms with Crippen molar-refractivity contribution in [3.05, 3.63) is 28.8 Å². The topological polar surface area (TPSA) is 55.8 Å². The van der Waals surface area contributed by atoms with Crippen LogP contribution in [0.1, 0.15) is 51.2 Å². The van der Waals surface area contributed by atoms with E-state index in [1.807, 2.05) is 0 Å². The van der Waals surface area contributed by atoms with Gasteiger partial charge in [-0.3, -0.25) is 4.79 Å². The first-order chi connectivity index (χ1) is 10.0. The fourth-order valence-electron chi connectivity index (χ4n) is 1.94. The first-order valence-corrected chi connectivity index (χ1v) is 7.68. The minimum Gasteiger partial charge on any atom is -0.493 e. The maximum Gasteiger partial charge on any atom is 0.305 e. The van der Waals surface area contributed by atoms with E-state index in [0.29, 0.717) is 36.0 Å². The summed E-state index contributed by atoms with van der Waals surface area (Å²) in [5.74, 6) is 0.507. The second-order valence-electron chi connectivity index (χ2n) is 4.82. The van der Waals surface area contributed by atoms with Crippen molar-refractivity contribution in [1.82, 2.24) is 0 Å². The van der Waals surface area contributed by atoms with Crippen LogP contribution in [0.5, 0.6) is 5.75 Å². The summed E-state index contributed by atoms with van der Waals surface area (Å²) in [5.41, 5.74) is 0.689. The molecule has 21 heavy (non-hydrogen) atoms. The van der Waals surface area contributed by atoms with E-state index < -0.39 is 6.10 Å². The predicted molar refractivity (Wildman–Crippen MR) is 82.7 cm³/mol. The summed E-state index contributed by atoms with van der Waals surface area (Å²) in [5, 5.41) is 10.3. The van der Waals surface area contributed by atoms with Gasteiger partial charge in [0.25, 0.3) is 0 Å². The Morgan fingerprint density at radius 1 is 1.33 bits per heavy atom. The molecule has 1 aromatic rings. The van der Waals surface area contributed by atoms with E-state index >= 15 is 0 Å². The largest absolute Gasteiger partial charge is 0.493 e. The first kappa shape index (κ1) is 17.8. The standard InChI is InChI=1S/C16H23ClO4/c1-3-20-16(19)7-5-4-6-10-21-15-9-8-13(17)11-14(15)12(2)18/h8-9,11-12,18H,3-7,10H2,1-2H3. The Hall–Kier alpha value is -1.26. The monoisotopic (exact) mass is 314 g/mol. The van der Waals surface area contributed by atoms with Crippen LogP contribution in [-0.4, -0.2) is 24.3 Å². The molecule has 0 aromatic heterocycles. The van der Waals surface area contributed by atoms with Crippen molar-refractivity contribution in [1.29, 1.82) is 0 Å². The molecule has 0 saturated carbocycles. The quantitative estimate of drug-likeness (QED) is 0.555. The number of rotatable bonds is 9. The Bertz CT molecular complexity index is 446. The molecule has 0 aliphatic rings. The molecule has 0 saturated heterocycles. The molecule has 0 amide bonds. The van der Waals surface area contributed by atoms with Crippen LogP contribution in [0, 0.1) is 0 Å². The fourth-order valence-corrected chi connectivity index (χ4v) is 2.12. The van der Waals surface area contributed by atoms with E-state index in [1.54, 1.807) is 32.0 Å². The molecular formula is C16H23ClO4. The summed E-state index contributed by atoms with van der Waals surface area (Å²) in [7, 11) is 0. The Labute approximate surface area is 131 Å². The third-order valence-electron chi connectivity index (χ3n) is 3.01. The van der Waals surface area contributed by atoms with E-state index in [9.17, 15) is 9.90 Å². The Morgan fingerprint density at radius 3 is 2.76 bits per heavy atom. The van der Waals surface area contributed by atoms with Crippen molar-refractivity contribution in [3.63, 3.8) is 0 Å². The van der Waals surface area contributed by atoms with Crippen LogP contribution in [0.15, 0.2) is 18.2 Å². The number of benzene rings is 1. The molecule has 0 heterocycles. The molecule has 1 aromatic carbocycles. The van der Waals surface area contributed by atoms with Gasteiger partial charge in [-0.2, -0.15) is 0 Å². The highest BCUT2D eigenvalue weighted by Gasteiger charge is 2.10. The molecule has 4 nitrogen and oxygen atoms in total. The summed E-state index contributed by atoms with van der Waals surface area (Å²) in [6.45, 7) is 4.46. The highest BCUT2D eigenvalue weighted by Crippen LogP contribution is 2.28. The fraction of sp³-hybridized carbons (Fsp3) is 0.562. The van der Waals surface area contributed by atoms with E-state index in [2.05, 4.69) is 0 Å². The van der Waals surface area contributed by atoms with Crippen LogP contribution in [0.3, 0.4) is 0 Å². The zero-order chi connectivity index (χ0) is 15.7. The van der Waals surface area contributed by atoms with Gasteiger partial charge in [0.15, 0.2) is 0 Å². The number of halogens is 1. The van der Waals surface area contributed by atoms with Gasteiger partial charge in [0.05, 0.1) is 19.3 Å². The average molecular weight is 315 g/mol. The summed E-state index contributed by atoms with van der Waals surface area (Å²) >= 11 is 5.91. The molecule has 1 atom stereocenters. The third kappa shape index (κ3) is 6.82. The SMILES string of the molecule is CCOC(=O)CCCCCOc1ccc(Cl)cc1C(C)O. The number of carbonyl (C=O) groups excluding carboxylic acids is 1. The van der Waals surface area contributed by atoms with Crippen LogP contribution in [0.2, 0.25) is 5.02 Å². The first-order valence-electron chi connectivity index (χ1n) is 7.30. The lowest BCUT2D eigenvalue weighted by Gasteiger charge is -2.13. The van der Waals surface area contributed by atoms with Gasteiger partial charge in [0.2, 0.25) is 0 Å². The molecule has 0 spiro atoms. The van der Waals surface area contributed by atoms with Crippen molar-refractivity contribution >= 4 is 17.6 Å². The van der Waals surface area contributed by atoms with Crippen LogP contribution in [0.25, 0.3) is 0 Å². The maximum absolute atomic E-state index is 11.2. The number of hydrogen-bond donors (Lipinski definition) is 1. The lowest BCUT2D eigenvalue weighted by Crippen LogP contribution is -2.05. The summed E-state index contributed by atoms with van der Waals surface area (Å²) in [6.07, 6.45) is 2.37. The van der Waals surface area contributed by atoms with E-state index in [1.165, 1.54) is 0 Å². The van der Waals surface area contributed by atoms with Crippen molar-refractivity contribution in [2.24, 2.45) is 0 Å². The van der Waals surface area contributed by atoms with Crippen LogP contribution < -0.4 is 4.74 Å². The molecule has 118 valence electrons. The number of aliphatic hydroxyl groups is 1. The number of unbranched alkanes of at least 4 members (excludes halogenated alkanes) is 2. The summed E-state index contributed by atoms with van der Waals surface area (Å²) < 4.78 is 10.5. The molecule has 0 bridgehead atoms. The summed E-state index contributed by atoms with van der Waals surface area (Å²) in [4.78, 5) is 11.2. The van der Waals surface area contributed by atoms with Crippen LogP contribution in [0.4, 0.5) is 0 Å². The molecule has 1 rings (SSSR count). The minimum atomic E-state index is -0.623. The van der Waals surface area contributed by atoms with E-state index in [0.717, 1.165) is 19.3 Å². The number of esters is 1. The number of ether oxygens (including phenoxy) is 2. The van der Waals surface area contributed by atoms with Crippen molar-refractivity contribution in [3.8, 4) is 5.75 Å². The highest BCUT2D eigenvalue weighted by atomic mass is 35.5. The summed E-state index contributed by atoms with van der Waals surface area (Å²) in [6, 6.07) is 5.22. The van der Waals surface area contributed by atoms with Crippen molar-refractivity contribution in [2.45, 2.75) is 45.6 Å². The molecule has 1 unspecified atom stereocenters. The van der Waals surface area contributed by atoms with Gasteiger partial charge in [-0.1, -0.05) is 11.6 Å². The normalized spacial score (nSPS) is 12.0. The Kier molecular flexibility index (Phi) is 8.16. The van der Waals surface area contributed by atoms with Gasteiger partial charge < -0.3 is 14.6 Å². The minimum absolute atomic E-state index is 0.146. The van der Waals surface area contributed by atoms with Gasteiger partial charge in [-0.25, -0.2) is 0 Å². The zero-order valence-electron chi connectivity index (χ0n) is 12.6. The lowest BCUT2D eigenvalue weighted by molar-refractivity contribution is -0.143. The molecule has 0 aliphatic heterocycles.